The summed E-state index contributed by atoms with van der Waals surface area (Å²) in [7, 11) is 0. The molecule has 0 atom stereocenters. The Morgan fingerprint density at radius 1 is 1.35 bits per heavy atom. The fourth-order valence-corrected chi connectivity index (χ4v) is 1.85. The minimum Gasteiger partial charge on any atom is -0.483 e. The van der Waals surface area contributed by atoms with Gasteiger partial charge in [-0.25, -0.2) is 4.39 Å². The molecule has 1 aromatic carbocycles. The highest BCUT2D eigenvalue weighted by atomic mass is 19.1. The largest absolute Gasteiger partial charge is 0.483 e. The van der Waals surface area contributed by atoms with Gasteiger partial charge >= 0.3 is 0 Å². The lowest BCUT2D eigenvalue weighted by atomic mass is 10.1. The van der Waals surface area contributed by atoms with E-state index in [1.807, 2.05) is 6.92 Å². The molecule has 2 aromatic rings. The van der Waals surface area contributed by atoms with Gasteiger partial charge in [0.2, 0.25) is 0 Å². The molecule has 0 spiro atoms. The molecule has 0 radical (unpaired) electrons. The lowest BCUT2D eigenvalue weighted by molar-refractivity contribution is 0.240. The summed E-state index contributed by atoms with van der Waals surface area (Å²) in [5.74, 6) is 1.37. The van der Waals surface area contributed by atoms with Crippen molar-refractivity contribution in [2.24, 2.45) is 5.73 Å². The summed E-state index contributed by atoms with van der Waals surface area (Å²) >= 11 is 0. The second-order valence-corrected chi connectivity index (χ2v) is 4.43. The minimum absolute atomic E-state index is 0.167. The van der Waals surface area contributed by atoms with Crippen LogP contribution in [0.2, 0.25) is 0 Å². The Kier molecular flexibility index (Phi) is 5.06. The summed E-state index contributed by atoms with van der Waals surface area (Å²) in [4.78, 5) is 4.21. The number of ether oxygens (including phenoxy) is 1. The van der Waals surface area contributed by atoms with Gasteiger partial charge in [0.15, 0.2) is 12.4 Å². The molecule has 5 nitrogen and oxygen atoms in total. The van der Waals surface area contributed by atoms with E-state index < -0.39 is 0 Å². The zero-order valence-corrected chi connectivity index (χ0v) is 11.4. The molecule has 6 heteroatoms. The molecule has 0 amide bonds. The summed E-state index contributed by atoms with van der Waals surface area (Å²) in [6, 6.07) is 4.37. The Morgan fingerprint density at radius 3 is 2.95 bits per heavy atom. The molecule has 2 N–H and O–H groups in total. The van der Waals surface area contributed by atoms with Gasteiger partial charge in [-0.3, -0.25) is 0 Å². The average Bonchev–Trinajstić information content (AvgIpc) is 2.86. The van der Waals surface area contributed by atoms with E-state index in [0.29, 0.717) is 30.4 Å². The van der Waals surface area contributed by atoms with Gasteiger partial charge in [0, 0.05) is 6.42 Å². The Balaban J connectivity index is 2.02. The summed E-state index contributed by atoms with van der Waals surface area (Å²) in [6.45, 7) is 2.64. The van der Waals surface area contributed by atoms with Crippen molar-refractivity contribution in [3.8, 4) is 5.75 Å². The van der Waals surface area contributed by atoms with Crippen LogP contribution in [0.15, 0.2) is 22.7 Å². The van der Waals surface area contributed by atoms with Crippen LogP contribution in [0.4, 0.5) is 4.39 Å². The zero-order chi connectivity index (χ0) is 14.4. The van der Waals surface area contributed by atoms with Crippen LogP contribution in [-0.4, -0.2) is 16.7 Å². The fraction of sp³-hybridized carbons (Fsp3) is 0.429. The first-order valence-corrected chi connectivity index (χ1v) is 6.65. The molecular weight excluding hydrogens is 261 g/mol. The van der Waals surface area contributed by atoms with E-state index in [0.717, 1.165) is 18.4 Å². The highest BCUT2D eigenvalue weighted by Gasteiger charge is 2.09. The van der Waals surface area contributed by atoms with E-state index in [2.05, 4.69) is 10.1 Å². The first-order chi connectivity index (χ1) is 9.72. The third kappa shape index (κ3) is 3.77. The minimum atomic E-state index is -0.302. The van der Waals surface area contributed by atoms with Crippen LogP contribution in [-0.2, 0) is 19.4 Å². The van der Waals surface area contributed by atoms with Crippen molar-refractivity contribution in [3.05, 3.63) is 41.3 Å². The van der Waals surface area contributed by atoms with E-state index in [1.54, 1.807) is 6.07 Å². The molecule has 1 heterocycles. The standard InChI is InChI=1S/C14H18FN3O2/c1-2-3-13-17-14(20-18-13)9-19-12-5-4-11(15)8-10(12)6-7-16/h4-5,8H,2-3,6-7,9,16H2,1H3. The number of halogens is 1. The average molecular weight is 279 g/mol. The van der Waals surface area contributed by atoms with Crippen molar-refractivity contribution >= 4 is 0 Å². The summed E-state index contributed by atoms with van der Waals surface area (Å²) in [6.07, 6.45) is 2.29. The topological polar surface area (TPSA) is 74.2 Å². The smallest absolute Gasteiger partial charge is 0.264 e. The maximum Gasteiger partial charge on any atom is 0.264 e. The van der Waals surface area contributed by atoms with E-state index >= 15 is 0 Å². The van der Waals surface area contributed by atoms with Crippen LogP contribution in [0.3, 0.4) is 0 Å². The number of benzene rings is 1. The lowest BCUT2D eigenvalue weighted by Gasteiger charge is -2.09. The predicted octanol–water partition coefficient (Wildman–Crippen LogP) is 2.24. The van der Waals surface area contributed by atoms with Crippen LogP contribution < -0.4 is 10.5 Å². The number of nitrogens with zero attached hydrogens (tertiary/aromatic N) is 2. The molecule has 0 saturated heterocycles. The first kappa shape index (κ1) is 14.5. The molecule has 20 heavy (non-hydrogen) atoms. The van der Waals surface area contributed by atoms with Gasteiger partial charge in [0.1, 0.15) is 11.6 Å². The van der Waals surface area contributed by atoms with Gasteiger partial charge in [-0.15, -0.1) is 0 Å². The summed E-state index contributed by atoms with van der Waals surface area (Å²) < 4.78 is 23.9. The van der Waals surface area contributed by atoms with Gasteiger partial charge in [0.25, 0.3) is 5.89 Å². The highest BCUT2D eigenvalue weighted by Crippen LogP contribution is 2.21. The van der Waals surface area contributed by atoms with Crippen LogP contribution >= 0.6 is 0 Å². The molecule has 0 saturated carbocycles. The Labute approximate surface area is 116 Å². The molecule has 0 fully saturated rings. The Hall–Kier alpha value is -1.95. The summed E-state index contributed by atoms with van der Waals surface area (Å²) in [5, 5.41) is 3.84. The highest BCUT2D eigenvalue weighted by molar-refractivity contribution is 5.34. The molecule has 0 unspecified atom stereocenters. The quantitative estimate of drug-likeness (QED) is 0.841. The van der Waals surface area contributed by atoms with Crippen molar-refractivity contribution < 1.29 is 13.7 Å². The van der Waals surface area contributed by atoms with Gasteiger partial charge in [-0.05, 0) is 43.1 Å². The van der Waals surface area contributed by atoms with Gasteiger partial charge < -0.3 is 15.0 Å². The Morgan fingerprint density at radius 2 is 2.20 bits per heavy atom. The molecular formula is C14H18FN3O2. The molecule has 0 aliphatic carbocycles. The Bertz CT molecular complexity index is 557. The molecule has 2 rings (SSSR count). The van der Waals surface area contributed by atoms with E-state index in [9.17, 15) is 4.39 Å². The molecule has 1 aromatic heterocycles. The molecule has 108 valence electrons. The van der Waals surface area contributed by atoms with Crippen molar-refractivity contribution in [2.45, 2.75) is 32.8 Å². The number of rotatable bonds is 7. The predicted molar refractivity (Wildman–Crippen MR) is 71.8 cm³/mol. The normalized spacial score (nSPS) is 10.8. The molecule has 0 aliphatic rings. The lowest BCUT2D eigenvalue weighted by Crippen LogP contribution is -2.06. The van der Waals surface area contributed by atoms with Gasteiger partial charge in [0.05, 0.1) is 0 Å². The van der Waals surface area contributed by atoms with E-state index in [4.69, 9.17) is 15.0 Å². The molecule has 0 bridgehead atoms. The maximum absolute atomic E-state index is 13.2. The first-order valence-electron chi connectivity index (χ1n) is 6.65. The van der Waals surface area contributed by atoms with E-state index in [1.165, 1.54) is 12.1 Å². The third-order valence-corrected chi connectivity index (χ3v) is 2.77. The number of hydrogen-bond acceptors (Lipinski definition) is 5. The number of hydrogen-bond donors (Lipinski definition) is 1. The van der Waals surface area contributed by atoms with Crippen molar-refractivity contribution in [1.29, 1.82) is 0 Å². The van der Waals surface area contributed by atoms with Crippen molar-refractivity contribution in [2.75, 3.05) is 6.54 Å². The van der Waals surface area contributed by atoms with Gasteiger partial charge in [-0.2, -0.15) is 4.98 Å². The fourth-order valence-electron chi connectivity index (χ4n) is 1.85. The SMILES string of the molecule is CCCc1noc(COc2ccc(F)cc2CCN)n1. The second-order valence-electron chi connectivity index (χ2n) is 4.43. The van der Waals surface area contributed by atoms with Crippen LogP contribution in [0.25, 0.3) is 0 Å². The molecule has 0 aliphatic heterocycles. The van der Waals surface area contributed by atoms with E-state index in [-0.39, 0.29) is 12.4 Å². The van der Waals surface area contributed by atoms with Crippen molar-refractivity contribution in [1.82, 2.24) is 10.1 Å². The maximum atomic E-state index is 13.2. The van der Waals surface area contributed by atoms with Crippen LogP contribution in [0, 0.1) is 5.82 Å². The summed E-state index contributed by atoms with van der Waals surface area (Å²) in [5.41, 5.74) is 6.24. The number of aromatic nitrogens is 2. The second kappa shape index (κ2) is 7.00. The van der Waals surface area contributed by atoms with Gasteiger partial charge in [-0.1, -0.05) is 12.1 Å². The monoisotopic (exact) mass is 279 g/mol. The zero-order valence-electron chi connectivity index (χ0n) is 11.4. The number of nitrogens with two attached hydrogens (primary N) is 1. The van der Waals surface area contributed by atoms with Crippen molar-refractivity contribution in [3.63, 3.8) is 0 Å². The van der Waals surface area contributed by atoms with Crippen LogP contribution in [0.1, 0.15) is 30.6 Å². The third-order valence-electron chi connectivity index (χ3n) is 2.77. The van der Waals surface area contributed by atoms with Crippen LogP contribution in [0.5, 0.6) is 5.75 Å². The number of aryl methyl sites for hydroxylation is 1.